The van der Waals surface area contributed by atoms with E-state index in [0.717, 1.165) is 22.9 Å². The molecule has 8 heteroatoms. The molecule has 0 bridgehead atoms. The first-order chi connectivity index (χ1) is 10.1. The maximum atomic E-state index is 12.2. The Morgan fingerprint density at radius 3 is 2.90 bits per heavy atom. The van der Waals surface area contributed by atoms with Gasteiger partial charge in [-0.2, -0.15) is 0 Å². The summed E-state index contributed by atoms with van der Waals surface area (Å²) >= 11 is 1.53. The molecule has 2 heterocycles. The van der Waals surface area contributed by atoms with Gasteiger partial charge in [0.15, 0.2) is 0 Å². The zero-order valence-corrected chi connectivity index (χ0v) is 13.1. The molecule has 2 rings (SSSR count). The van der Waals surface area contributed by atoms with Gasteiger partial charge in [0.05, 0.1) is 7.11 Å². The number of amides is 2. The number of piperidine rings is 1. The number of rotatable bonds is 4. The fourth-order valence-corrected chi connectivity index (χ4v) is 3.10. The lowest BCUT2D eigenvalue weighted by atomic mass is 10.0. The topological polar surface area (TPSA) is 84.4 Å². The second-order valence-corrected chi connectivity index (χ2v) is 6.20. The second kappa shape index (κ2) is 7.35. The third-order valence-electron chi connectivity index (χ3n) is 3.42. The SMILES string of the molecule is COC(=O)N1CCCCC1C(=O)NCCc1nnc(C)s1. The van der Waals surface area contributed by atoms with Gasteiger partial charge in [-0.05, 0) is 26.2 Å². The van der Waals surface area contributed by atoms with Crippen LogP contribution in [0, 0.1) is 6.92 Å². The summed E-state index contributed by atoms with van der Waals surface area (Å²) in [6.07, 6.45) is 2.75. The lowest BCUT2D eigenvalue weighted by molar-refractivity contribution is -0.126. The van der Waals surface area contributed by atoms with Crippen LogP contribution in [0.1, 0.15) is 29.3 Å². The monoisotopic (exact) mass is 312 g/mol. The maximum Gasteiger partial charge on any atom is 0.410 e. The molecule has 1 unspecified atom stereocenters. The number of hydrogen-bond acceptors (Lipinski definition) is 6. The van der Waals surface area contributed by atoms with E-state index in [4.69, 9.17) is 4.74 Å². The average molecular weight is 312 g/mol. The molecule has 116 valence electrons. The zero-order valence-electron chi connectivity index (χ0n) is 12.3. The van der Waals surface area contributed by atoms with Crippen molar-refractivity contribution >= 4 is 23.3 Å². The summed E-state index contributed by atoms with van der Waals surface area (Å²) < 4.78 is 4.74. The van der Waals surface area contributed by atoms with Gasteiger partial charge in [0.25, 0.3) is 0 Å². The summed E-state index contributed by atoms with van der Waals surface area (Å²) in [5, 5.41) is 12.6. The normalized spacial score (nSPS) is 18.4. The number of methoxy groups -OCH3 is 1. The molecule has 1 fully saturated rings. The molecule has 1 aliphatic rings. The predicted octanol–water partition coefficient (Wildman–Crippen LogP) is 1.13. The number of nitrogens with one attached hydrogen (secondary N) is 1. The lowest BCUT2D eigenvalue weighted by Gasteiger charge is -2.33. The van der Waals surface area contributed by atoms with Crippen molar-refractivity contribution < 1.29 is 14.3 Å². The van der Waals surface area contributed by atoms with Crippen molar-refractivity contribution in [2.24, 2.45) is 0 Å². The highest BCUT2D eigenvalue weighted by atomic mass is 32.1. The Morgan fingerprint density at radius 1 is 1.43 bits per heavy atom. The van der Waals surface area contributed by atoms with Gasteiger partial charge in [0, 0.05) is 19.5 Å². The van der Waals surface area contributed by atoms with Crippen molar-refractivity contribution in [2.75, 3.05) is 20.2 Å². The van der Waals surface area contributed by atoms with Crippen LogP contribution in [0.2, 0.25) is 0 Å². The van der Waals surface area contributed by atoms with E-state index in [1.54, 1.807) is 0 Å². The van der Waals surface area contributed by atoms with Crippen LogP contribution in [-0.4, -0.2) is 53.3 Å². The van der Waals surface area contributed by atoms with E-state index in [1.807, 2.05) is 6.92 Å². The van der Waals surface area contributed by atoms with Crippen LogP contribution in [0.5, 0.6) is 0 Å². The van der Waals surface area contributed by atoms with Crippen molar-refractivity contribution in [1.29, 1.82) is 0 Å². The van der Waals surface area contributed by atoms with Gasteiger partial charge in [0.1, 0.15) is 16.1 Å². The first-order valence-corrected chi connectivity index (χ1v) is 7.84. The third-order valence-corrected chi connectivity index (χ3v) is 4.32. The fourth-order valence-electron chi connectivity index (χ4n) is 2.39. The first kappa shape index (κ1) is 15.7. The smallest absolute Gasteiger partial charge is 0.410 e. The molecule has 0 aliphatic carbocycles. The molecule has 1 aromatic heterocycles. The van der Waals surface area contributed by atoms with E-state index in [1.165, 1.54) is 23.3 Å². The van der Waals surface area contributed by atoms with Crippen LogP contribution in [0.4, 0.5) is 4.79 Å². The Labute approximate surface area is 127 Å². The third kappa shape index (κ3) is 4.13. The van der Waals surface area contributed by atoms with E-state index in [9.17, 15) is 9.59 Å². The largest absolute Gasteiger partial charge is 0.453 e. The van der Waals surface area contributed by atoms with Crippen LogP contribution in [0.15, 0.2) is 0 Å². The molecule has 1 atom stereocenters. The minimum Gasteiger partial charge on any atom is -0.453 e. The van der Waals surface area contributed by atoms with E-state index in [2.05, 4.69) is 15.5 Å². The molecule has 2 amide bonds. The summed E-state index contributed by atoms with van der Waals surface area (Å²) in [6, 6.07) is -0.428. The van der Waals surface area contributed by atoms with Crippen LogP contribution in [0.3, 0.4) is 0 Å². The molecule has 0 spiro atoms. The van der Waals surface area contributed by atoms with Crippen LogP contribution in [-0.2, 0) is 16.0 Å². The zero-order chi connectivity index (χ0) is 15.2. The molecule has 7 nitrogen and oxygen atoms in total. The number of hydrogen-bond donors (Lipinski definition) is 1. The minimum absolute atomic E-state index is 0.124. The molecule has 0 radical (unpaired) electrons. The number of likely N-dealkylation sites (tertiary alicyclic amines) is 1. The molecule has 1 N–H and O–H groups in total. The van der Waals surface area contributed by atoms with Gasteiger partial charge >= 0.3 is 6.09 Å². The van der Waals surface area contributed by atoms with Gasteiger partial charge in [-0.1, -0.05) is 0 Å². The second-order valence-electron chi connectivity index (χ2n) is 4.93. The Kier molecular flexibility index (Phi) is 5.49. The molecular weight excluding hydrogens is 292 g/mol. The summed E-state index contributed by atoms with van der Waals surface area (Å²) in [4.78, 5) is 25.4. The highest BCUT2D eigenvalue weighted by Gasteiger charge is 2.32. The number of carbonyl (C=O) groups is 2. The van der Waals surface area contributed by atoms with Crippen molar-refractivity contribution in [3.8, 4) is 0 Å². The van der Waals surface area contributed by atoms with Crippen LogP contribution in [0.25, 0.3) is 0 Å². The number of nitrogens with zero attached hydrogens (tertiary/aromatic N) is 3. The molecule has 21 heavy (non-hydrogen) atoms. The van der Waals surface area contributed by atoms with E-state index >= 15 is 0 Å². The van der Waals surface area contributed by atoms with Crippen molar-refractivity contribution in [2.45, 2.75) is 38.6 Å². The highest BCUT2D eigenvalue weighted by molar-refractivity contribution is 7.11. The van der Waals surface area contributed by atoms with Gasteiger partial charge in [-0.25, -0.2) is 4.79 Å². The predicted molar refractivity (Wildman–Crippen MR) is 78.1 cm³/mol. The maximum absolute atomic E-state index is 12.2. The van der Waals surface area contributed by atoms with Crippen molar-refractivity contribution in [3.05, 3.63) is 10.0 Å². The number of carbonyl (C=O) groups excluding carboxylic acids is 2. The van der Waals surface area contributed by atoms with Crippen LogP contribution >= 0.6 is 11.3 Å². The van der Waals surface area contributed by atoms with E-state index in [-0.39, 0.29) is 5.91 Å². The Morgan fingerprint density at radius 2 is 2.24 bits per heavy atom. The number of aryl methyl sites for hydroxylation is 1. The summed E-state index contributed by atoms with van der Waals surface area (Å²) in [5.41, 5.74) is 0. The molecule has 0 aromatic carbocycles. The standard InChI is InChI=1S/C13H20N4O3S/c1-9-15-16-11(21-9)6-7-14-12(18)10-5-3-4-8-17(10)13(19)20-2/h10H,3-8H2,1-2H3,(H,14,18). The molecule has 0 saturated carbocycles. The van der Waals surface area contributed by atoms with Crippen LogP contribution < -0.4 is 5.32 Å². The molecule has 1 saturated heterocycles. The van der Waals surface area contributed by atoms with Gasteiger partial charge in [-0.3, -0.25) is 9.69 Å². The average Bonchev–Trinajstić information content (AvgIpc) is 2.91. The van der Waals surface area contributed by atoms with Gasteiger partial charge < -0.3 is 10.1 Å². The van der Waals surface area contributed by atoms with E-state index in [0.29, 0.717) is 25.9 Å². The lowest BCUT2D eigenvalue weighted by Crippen LogP contribution is -2.52. The molecule has 1 aliphatic heterocycles. The van der Waals surface area contributed by atoms with Gasteiger partial charge in [-0.15, -0.1) is 21.5 Å². The fraction of sp³-hybridized carbons (Fsp3) is 0.692. The Bertz CT molecular complexity index is 505. The first-order valence-electron chi connectivity index (χ1n) is 7.03. The van der Waals surface area contributed by atoms with Crippen molar-refractivity contribution in [1.82, 2.24) is 20.4 Å². The summed E-state index contributed by atoms with van der Waals surface area (Å²) in [7, 11) is 1.34. The number of aromatic nitrogens is 2. The number of ether oxygens (including phenoxy) is 1. The Hall–Kier alpha value is -1.70. The molecular formula is C13H20N4O3S. The summed E-state index contributed by atoms with van der Waals surface area (Å²) in [5.74, 6) is -0.124. The summed E-state index contributed by atoms with van der Waals surface area (Å²) in [6.45, 7) is 2.97. The van der Waals surface area contributed by atoms with E-state index < -0.39 is 12.1 Å². The van der Waals surface area contributed by atoms with Crippen molar-refractivity contribution in [3.63, 3.8) is 0 Å². The quantitative estimate of drug-likeness (QED) is 0.901. The highest BCUT2D eigenvalue weighted by Crippen LogP contribution is 2.18. The molecule has 1 aromatic rings. The minimum atomic E-state index is -0.436. The Balaban J connectivity index is 1.84. The van der Waals surface area contributed by atoms with Gasteiger partial charge in [0.2, 0.25) is 5.91 Å².